The van der Waals surface area contributed by atoms with E-state index in [9.17, 15) is 4.39 Å². The first-order chi connectivity index (χ1) is 9.58. The lowest BCUT2D eigenvalue weighted by Gasteiger charge is -2.10. The number of nitrogens with zero attached hydrogens (tertiary/aromatic N) is 4. The smallest absolute Gasteiger partial charge is 0.212 e. The van der Waals surface area contributed by atoms with Gasteiger partial charge in [-0.25, -0.2) is 4.39 Å². The molecule has 0 aliphatic rings. The molecule has 2 rings (SSSR count). The van der Waals surface area contributed by atoms with Crippen molar-refractivity contribution in [1.82, 2.24) is 20.2 Å². The van der Waals surface area contributed by atoms with Crippen LogP contribution in [0, 0.1) is 5.82 Å². The van der Waals surface area contributed by atoms with Crippen LogP contribution in [0.5, 0.6) is 5.75 Å². The van der Waals surface area contributed by atoms with Gasteiger partial charge in [-0.2, -0.15) is 4.80 Å². The summed E-state index contributed by atoms with van der Waals surface area (Å²) in [6, 6.07) is 4.92. The molecule has 108 valence electrons. The Labute approximate surface area is 116 Å². The molecule has 0 aliphatic carbocycles. The van der Waals surface area contributed by atoms with E-state index >= 15 is 0 Å². The van der Waals surface area contributed by atoms with Crippen LogP contribution in [0.15, 0.2) is 18.2 Å². The van der Waals surface area contributed by atoms with Crippen LogP contribution in [0.25, 0.3) is 0 Å². The summed E-state index contributed by atoms with van der Waals surface area (Å²) in [5, 5.41) is 11.4. The molecular weight excluding hydrogens is 261 g/mol. The quantitative estimate of drug-likeness (QED) is 0.859. The van der Waals surface area contributed by atoms with Gasteiger partial charge in [0.2, 0.25) is 5.82 Å². The molecule has 0 saturated heterocycles. The van der Waals surface area contributed by atoms with Crippen LogP contribution < -0.4 is 10.5 Å². The van der Waals surface area contributed by atoms with E-state index in [0.29, 0.717) is 12.2 Å². The van der Waals surface area contributed by atoms with Crippen molar-refractivity contribution in [2.24, 2.45) is 12.8 Å². The second-order valence-corrected chi connectivity index (χ2v) is 4.62. The van der Waals surface area contributed by atoms with Gasteiger partial charge in [0.25, 0.3) is 0 Å². The van der Waals surface area contributed by atoms with Gasteiger partial charge in [-0.15, -0.1) is 10.2 Å². The third-order valence-corrected chi connectivity index (χ3v) is 2.93. The third kappa shape index (κ3) is 3.74. The Kier molecular flexibility index (Phi) is 4.62. The number of tetrazole rings is 1. The van der Waals surface area contributed by atoms with Gasteiger partial charge in [0.1, 0.15) is 0 Å². The van der Waals surface area contributed by atoms with Gasteiger partial charge in [0.05, 0.1) is 7.05 Å². The molecule has 2 aromatic rings. The van der Waals surface area contributed by atoms with Crippen molar-refractivity contribution in [3.8, 4) is 5.75 Å². The van der Waals surface area contributed by atoms with Gasteiger partial charge in [0, 0.05) is 6.04 Å². The van der Waals surface area contributed by atoms with Gasteiger partial charge in [-0.3, -0.25) is 0 Å². The Morgan fingerprint density at radius 2 is 2.25 bits per heavy atom. The van der Waals surface area contributed by atoms with E-state index in [1.807, 2.05) is 13.0 Å². The summed E-state index contributed by atoms with van der Waals surface area (Å²) in [5.74, 6) is 0.171. The summed E-state index contributed by atoms with van der Waals surface area (Å²) >= 11 is 0. The molecule has 2 N–H and O–H groups in total. The average molecular weight is 279 g/mol. The molecule has 1 heterocycles. The van der Waals surface area contributed by atoms with E-state index in [0.717, 1.165) is 12.0 Å². The van der Waals surface area contributed by atoms with Crippen molar-refractivity contribution in [3.63, 3.8) is 0 Å². The highest BCUT2D eigenvalue weighted by molar-refractivity contribution is 5.29. The van der Waals surface area contributed by atoms with E-state index in [1.54, 1.807) is 13.1 Å². The van der Waals surface area contributed by atoms with Crippen LogP contribution >= 0.6 is 0 Å². The summed E-state index contributed by atoms with van der Waals surface area (Å²) in [6.45, 7) is 2.09. The predicted octanol–water partition coefficient (Wildman–Crippen LogP) is 1.21. The zero-order valence-corrected chi connectivity index (χ0v) is 11.6. The van der Waals surface area contributed by atoms with Crippen LogP contribution in [0.2, 0.25) is 0 Å². The molecule has 1 aromatic carbocycles. The van der Waals surface area contributed by atoms with Crippen LogP contribution in [-0.4, -0.2) is 26.2 Å². The molecule has 0 radical (unpaired) electrons. The summed E-state index contributed by atoms with van der Waals surface area (Å²) in [6.07, 6.45) is 1.51. The SMILES string of the molecule is CCC(N)Cc1ccc(OCc2nnn(C)n2)c(F)c1. The first-order valence-electron chi connectivity index (χ1n) is 6.48. The number of hydrogen-bond acceptors (Lipinski definition) is 5. The number of benzene rings is 1. The molecule has 1 atom stereocenters. The van der Waals surface area contributed by atoms with Crippen molar-refractivity contribution < 1.29 is 9.13 Å². The summed E-state index contributed by atoms with van der Waals surface area (Å²) < 4.78 is 19.2. The van der Waals surface area contributed by atoms with Crippen molar-refractivity contribution in [1.29, 1.82) is 0 Å². The third-order valence-electron chi connectivity index (χ3n) is 2.93. The van der Waals surface area contributed by atoms with Gasteiger partial charge in [-0.1, -0.05) is 13.0 Å². The minimum Gasteiger partial charge on any atom is -0.482 e. The number of nitrogens with two attached hydrogens (primary N) is 1. The first kappa shape index (κ1) is 14.4. The molecule has 0 bridgehead atoms. The van der Waals surface area contributed by atoms with E-state index in [4.69, 9.17) is 10.5 Å². The fraction of sp³-hybridized carbons (Fsp3) is 0.462. The molecule has 6 nitrogen and oxygen atoms in total. The topological polar surface area (TPSA) is 78.9 Å². The standard InChI is InChI=1S/C13H18FN5O/c1-3-10(15)6-9-4-5-12(11(14)7-9)20-8-13-16-18-19(2)17-13/h4-5,7,10H,3,6,8,15H2,1-2H3. The molecule has 0 fully saturated rings. The second kappa shape index (κ2) is 6.42. The van der Waals surface area contributed by atoms with Crippen molar-refractivity contribution in [2.45, 2.75) is 32.4 Å². The fourth-order valence-corrected chi connectivity index (χ4v) is 1.76. The van der Waals surface area contributed by atoms with Gasteiger partial charge >= 0.3 is 0 Å². The van der Waals surface area contributed by atoms with Crippen LogP contribution in [0.1, 0.15) is 24.7 Å². The monoisotopic (exact) mass is 279 g/mol. The van der Waals surface area contributed by atoms with Crippen molar-refractivity contribution in [2.75, 3.05) is 0 Å². The molecule has 0 amide bonds. The lowest BCUT2D eigenvalue weighted by molar-refractivity contribution is 0.280. The number of hydrogen-bond donors (Lipinski definition) is 1. The van der Waals surface area contributed by atoms with E-state index in [2.05, 4.69) is 15.4 Å². The highest BCUT2D eigenvalue weighted by Crippen LogP contribution is 2.20. The maximum Gasteiger partial charge on any atom is 0.212 e. The number of ether oxygens (including phenoxy) is 1. The van der Waals surface area contributed by atoms with E-state index in [-0.39, 0.29) is 18.4 Å². The highest BCUT2D eigenvalue weighted by atomic mass is 19.1. The Hall–Kier alpha value is -2.02. The maximum absolute atomic E-state index is 13.9. The maximum atomic E-state index is 13.9. The minimum absolute atomic E-state index is 0.0463. The molecule has 1 unspecified atom stereocenters. The Morgan fingerprint density at radius 1 is 1.45 bits per heavy atom. The lowest BCUT2D eigenvalue weighted by Crippen LogP contribution is -2.21. The summed E-state index contributed by atoms with van der Waals surface area (Å²) in [4.78, 5) is 1.32. The highest BCUT2D eigenvalue weighted by Gasteiger charge is 2.09. The zero-order valence-electron chi connectivity index (χ0n) is 11.6. The summed E-state index contributed by atoms with van der Waals surface area (Å²) in [5.41, 5.74) is 6.71. The number of aryl methyl sites for hydroxylation is 1. The Bertz CT molecular complexity index is 572. The average Bonchev–Trinajstić information content (AvgIpc) is 2.83. The number of rotatable bonds is 6. The van der Waals surface area contributed by atoms with Crippen molar-refractivity contribution in [3.05, 3.63) is 35.4 Å². The van der Waals surface area contributed by atoms with E-state index in [1.165, 1.54) is 10.9 Å². The number of aromatic nitrogens is 4. The first-order valence-corrected chi connectivity index (χ1v) is 6.48. The normalized spacial score (nSPS) is 12.4. The predicted molar refractivity (Wildman–Crippen MR) is 71.5 cm³/mol. The largest absolute Gasteiger partial charge is 0.482 e. The molecule has 0 spiro atoms. The summed E-state index contributed by atoms with van der Waals surface area (Å²) in [7, 11) is 1.66. The second-order valence-electron chi connectivity index (χ2n) is 4.62. The Morgan fingerprint density at radius 3 is 2.85 bits per heavy atom. The lowest BCUT2D eigenvalue weighted by atomic mass is 10.0. The molecule has 7 heteroatoms. The van der Waals surface area contributed by atoms with Gasteiger partial charge < -0.3 is 10.5 Å². The van der Waals surface area contributed by atoms with Crippen LogP contribution in [0.4, 0.5) is 4.39 Å². The molecular formula is C13H18FN5O. The molecule has 0 aliphatic heterocycles. The van der Waals surface area contributed by atoms with Gasteiger partial charge in [-0.05, 0) is 35.8 Å². The Balaban J connectivity index is 1.98. The molecule has 0 saturated carbocycles. The van der Waals surface area contributed by atoms with Gasteiger partial charge in [0.15, 0.2) is 18.2 Å². The fourth-order valence-electron chi connectivity index (χ4n) is 1.76. The van der Waals surface area contributed by atoms with E-state index < -0.39 is 5.82 Å². The number of halogens is 1. The zero-order chi connectivity index (χ0) is 14.5. The molecule has 20 heavy (non-hydrogen) atoms. The van der Waals surface area contributed by atoms with Crippen molar-refractivity contribution >= 4 is 0 Å². The van der Waals surface area contributed by atoms with Crippen LogP contribution in [-0.2, 0) is 20.1 Å². The molecule has 1 aromatic heterocycles. The minimum atomic E-state index is -0.408. The van der Waals surface area contributed by atoms with Crippen LogP contribution in [0.3, 0.4) is 0 Å².